The van der Waals surface area contributed by atoms with Gasteiger partial charge in [-0.1, -0.05) is 64.1 Å². The summed E-state index contributed by atoms with van der Waals surface area (Å²) in [6.07, 6.45) is 3.64. The maximum atomic E-state index is 12.4. The number of amides is 1. The zero-order valence-corrected chi connectivity index (χ0v) is 25.7. The lowest BCUT2D eigenvalue weighted by Gasteiger charge is -2.22. The van der Waals surface area contributed by atoms with Gasteiger partial charge in [0.05, 0.1) is 12.2 Å². The van der Waals surface area contributed by atoms with Crippen molar-refractivity contribution in [3.8, 4) is 0 Å². The van der Waals surface area contributed by atoms with E-state index in [9.17, 15) is 4.79 Å². The van der Waals surface area contributed by atoms with Crippen LogP contribution in [0.15, 0.2) is 48.8 Å². The van der Waals surface area contributed by atoms with Crippen molar-refractivity contribution in [3.63, 3.8) is 0 Å². The van der Waals surface area contributed by atoms with E-state index in [1.165, 1.54) is 21.9 Å². The number of hydroxylamine groups is 1. The van der Waals surface area contributed by atoms with Crippen LogP contribution in [-0.2, 0) is 22.5 Å². The van der Waals surface area contributed by atoms with Crippen LogP contribution in [-0.4, -0.2) is 72.4 Å². The average molecular weight is 575 g/mol. The van der Waals surface area contributed by atoms with Crippen LogP contribution in [0.5, 0.6) is 0 Å². The molecule has 3 aromatic rings. The molecule has 0 bridgehead atoms. The minimum atomic E-state index is -0.533. The standard InChI is InChI=1S/C33H46N6O3/c1-6-38(7-2)15-14-28-25(13-12-24-10-8-9-11-27(24)28)16-34-31-29-19-39(20-30(29)31)33-35-17-26(18-36-33)32(40)37-42-23(5)41-21-22(3)4/h8-13,17-18,22-23,29-31,34H,6-7,14-16,19-21H2,1-5H3,(H,37,40). The number of benzene rings is 2. The van der Waals surface area contributed by atoms with Gasteiger partial charge in [0.1, 0.15) is 0 Å². The normalized spacial score (nSPS) is 20.4. The van der Waals surface area contributed by atoms with E-state index in [1.807, 2.05) is 0 Å². The Bertz CT molecular complexity index is 1320. The van der Waals surface area contributed by atoms with E-state index in [0.717, 1.165) is 45.7 Å². The summed E-state index contributed by atoms with van der Waals surface area (Å²) in [5, 5.41) is 6.56. The van der Waals surface area contributed by atoms with Crippen LogP contribution in [0.4, 0.5) is 5.95 Å². The summed E-state index contributed by atoms with van der Waals surface area (Å²) in [6, 6.07) is 13.9. The fourth-order valence-corrected chi connectivity index (χ4v) is 6.03. The summed E-state index contributed by atoms with van der Waals surface area (Å²) in [7, 11) is 0. The van der Waals surface area contributed by atoms with Gasteiger partial charge in [-0.2, -0.15) is 0 Å². The first-order valence-electron chi connectivity index (χ1n) is 15.5. The molecule has 3 atom stereocenters. The number of nitrogens with one attached hydrogen (secondary N) is 2. The number of carbonyl (C=O) groups is 1. The Morgan fingerprint density at radius 1 is 1.05 bits per heavy atom. The molecule has 1 amide bonds. The lowest BCUT2D eigenvalue weighted by molar-refractivity contribution is -0.163. The molecule has 0 spiro atoms. The molecule has 1 saturated carbocycles. The molecule has 5 rings (SSSR count). The molecule has 2 heterocycles. The number of likely N-dealkylation sites (N-methyl/N-ethyl adjacent to an activating group) is 1. The number of hydrogen-bond acceptors (Lipinski definition) is 8. The topological polar surface area (TPSA) is 91.9 Å². The van der Waals surface area contributed by atoms with Gasteiger partial charge in [-0.25, -0.2) is 20.3 Å². The highest BCUT2D eigenvalue weighted by atomic mass is 16.8. The van der Waals surface area contributed by atoms with Gasteiger partial charge in [-0.15, -0.1) is 0 Å². The zero-order valence-electron chi connectivity index (χ0n) is 25.7. The molecule has 2 N–H and O–H groups in total. The number of rotatable bonds is 15. The first-order chi connectivity index (χ1) is 20.4. The molecule has 42 heavy (non-hydrogen) atoms. The number of aromatic nitrogens is 2. The SMILES string of the molecule is CCN(CC)CCc1c(CNC2C3CN(c4ncc(C(=O)NOC(C)OCC(C)C)cn4)CC32)ccc2ccccc12. The third kappa shape index (κ3) is 7.26. The fourth-order valence-electron chi connectivity index (χ4n) is 6.03. The molecule has 2 fully saturated rings. The molecule has 2 aliphatic rings. The molecular formula is C33H46N6O3. The highest BCUT2D eigenvalue weighted by Gasteiger charge is 2.55. The third-order valence-electron chi connectivity index (χ3n) is 8.60. The molecule has 226 valence electrons. The van der Waals surface area contributed by atoms with Gasteiger partial charge in [-0.05, 0) is 66.1 Å². The van der Waals surface area contributed by atoms with Crippen molar-refractivity contribution < 1.29 is 14.4 Å². The van der Waals surface area contributed by atoms with Crippen molar-refractivity contribution in [2.45, 2.75) is 59.9 Å². The molecule has 1 saturated heterocycles. The molecule has 9 heteroatoms. The lowest BCUT2D eigenvalue weighted by atomic mass is 9.96. The van der Waals surface area contributed by atoms with Gasteiger partial charge in [0, 0.05) is 44.6 Å². The molecular weight excluding hydrogens is 528 g/mol. The monoisotopic (exact) mass is 574 g/mol. The zero-order chi connectivity index (χ0) is 29.6. The van der Waals surface area contributed by atoms with E-state index in [4.69, 9.17) is 9.57 Å². The van der Waals surface area contributed by atoms with Crippen LogP contribution < -0.4 is 15.7 Å². The van der Waals surface area contributed by atoms with Crippen molar-refractivity contribution in [1.29, 1.82) is 0 Å². The predicted octanol–water partition coefficient (Wildman–Crippen LogP) is 4.42. The van der Waals surface area contributed by atoms with Crippen LogP contribution in [0.3, 0.4) is 0 Å². The van der Waals surface area contributed by atoms with E-state index < -0.39 is 6.29 Å². The van der Waals surface area contributed by atoms with E-state index in [0.29, 0.717) is 41.9 Å². The average Bonchev–Trinajstić information content (AvgIpc) is 3.45. The molecule has 1 aromatic heterocycles. The van der Waals surface area contributed by atoms with Crippen LogP contribution >= 0.6 is 0 Å². The minimum absolute atomic E-state index is 0.353. The van der Waals surface area contributed by atoms with E-state index >= 15 is 0 Å². The Balaban J connectivity index is 1.12. The summed E-state index contributed by atoms with van der Waals surface area (Å²) < 4.78 is 5.51. The number of piperidine rings is 1. The van der Waals surface area contributed by atoms with Crippen molar-refractivity contribution in [3.05, 3.63) is 65.5 Å². The number of nitrogens with zero attached hydrogens (tertiary/aromatic N) is 4. The molecule has 3 unspecified atom stereocenters. The van der Waals surface area contributed by atoms with Crippen LogP contribution in [0.2, 0.25) is 0 Å². The quantitative estimate of drug-likeness (QED) is 0.204. The van der Waals surface area contributed by atoms with Crippen molar-refractivity contribution in [1.82, 2.24) is 25.7 Å². The smallest absolute Gasteiger partial charge is 0.278 e. The lowest BCUT2D eigenvalue weighted by Crippen LogP contribution is -2.33. The Morgan fingerprint density at radius 3 is 2.45 bits per heavy atom. The van der Waals surface area contributed by atoms with E-state index in [1.54, 1.807) is 19.3 Å². The highest BCUT2D eigenvalue weighted by Crippen LogP contribution is 2.46. The van der Waals surface area contributed by atoms with Crippen molar-refractivity contribution >= 4 is 22.6 Å². The largest absolute Gasteiger partial charge is 0.350 e. The fraction of sp³-hybridized carbons (Fsp3) is 0.545. The first kappa shape index (κ1) is 30.4. The second-order valence-electron chi connectivity index (χ2n) is 12.0. The number of carbonyl (C=O) groups excluding carboxylic acids is 1. The second kappa shape index (κ2) is 13.9. The van der Waals surface area contributed by atoms with Gasteiger partial charge in [0.15, 0.2) is 6.29 Å². The number of hydrogen-bond donors (Lipinski definition) is 2. The number of anilines is 1. The summed E-state index contributed by atoms with van der Waals surface area (Å²) in [5.74, 6) is 1.86. The Kier molecular flexibility index (Phi) is 10.1. The van der Waals surface area contributed by atoms with Gasteiger partial charge in [-0.3, -0.25) is 4.79 Å². The minimum Gasteiger partial charge on any atom is -0.350 e. The van der Waals surface area contributed by atoms with E-state index in [2.05, 4.69) is 94.7 Å². The summed E-state index contributed by atoms with van der Waals surface area (Å²) in [6.45, 7) is 16.9. The van der Waals surface area contributed by atoms with Gasteiger partial charge >= 0.3 is 0 Å². The van der Waals surface area contributed by atoms with Crippen LogP contribution in [0.25, 0.3) is 10.8 Å². The molecule has 1 aliphatic heterocycles. The molecule has 0 radical (unpaired) electrons. The summed E-state index contributed by atoms with van der Waals surface area (Å²) in [5.41, 5.74) is 5.66. The Hall–Kier alpha value is -3.11. The third-order valence-corrected chi connectivity index (χ3v) is 8.60. The van der Waals surface area contributed by atoms with Gasteiger partial charge in [0.2, 0.25) is 5.95 Å². The summed E-state index contributed by atoms with van der Waals surface area (Å²) in [4.78, 5) is 31.4. The van der Waals surface area contributed by atoms with Crippen molar-refractivity contribution in [2.75, 3.05) is 44.2 Å². The van der Waals surface area contributed by atoms with Crippen molar-refractivity contribution in [2.24, 2.45) is 17.8 Å². The van der Waals surface area contributed by atoms with Gasteiger partial charge < -0.3 is 19.9 Å². The Labute approximate surface area is 249 Å². The summed E-state index contributed by atoms with van der Waals surface area (Å²) >= 11 is 0. The molecule has 2 aromatic carbocycles. The number of ether oxygens (including phenoxy) is 1. The predicted molar refractivity (Wildman–Crippen MR) is 166 cm³/mol. The molecule has 9 nitrogen and oxygen atoms in total. The maximum absolute atomic E-state index is 12.4. The Morgan fingerprint density at radius 2 is 1.76 bits per heavy atom. The molecule has 1 aliphatic carbocycles. The van der Waals surface area contributed by atoms with Gasteiger partial charge in [0.25, 0.3) is 5.91 Å². The second-order valence-corrected chi connectivity index (χ2v) is 12.0. The van der Waals surface area contributed by atoms with E-state index in [-0.39, 0.29) is 5.91 Å². The number of fused-ring (bicyclic) bond motifs is 2. The highest BCUT2D eigenvalue weighted by molar-refractivity contribution is 5.92. The van der Waals surface area contributed by atoms with Crippen LogP contribution in [0.1, 0.15) is 56.1 Å². The first-order valence-corrected chi connectivity index (χ1v) is 15.5. The maximum Gasteiger partial charge on any atom is 0.278 e. The van der Waals surface area contributed by atoms with Crippen LogP contribution in [0, 0.1) is 17.8 Å².